The van der Waals surface area contributed by atoms with Crippen LogP contribution in [0.25, 0.3) is 0 Å². The van der Waals surface area contributed by atoms with Crippen LogP contribution in [0.4, 0.5) is 0 Å². The standard InChI is InChI=1S/C12H25NO/c1-11(2,3)7-9-8-14-10(13-9)12(4,5)6/h9-10,13H,7-8H2,1-6H3. The van der Waals surface area contributed by atoms with E-state index in [-0.39, 0.29) is 11.6 Å². The van der Waals surface area contributed by atoms with Gasteiger partial charge in [0, 0.05) is 11.5 Å². The van der Waals surface area contributed by atoms with Crippen LogP contribution in [-0.2, 0) is 4.74 Å². The molecule has 0 saturated carbocycles. The molecule has 0 spiro atoms. The summed E-state index contributed by atoms with van der Waals surface area (Å²) in [7, 11) is 0. The molecule has 1 rings (SSSR count). The fourth-order valence-electron chi connectivity index (χ4n) is 1.88. The molecule has 1 N–H and O–H groups in total. The Labute approximate surface area is 88.4 Å². The molecule has 14 heavy (non-hydrogen) atoms. The van der Waals surface area contributed by atoms with Gasteiger partial charge in [-0.25, -0.2) is 0 Å². The molecule has 1 heterocycles. The summed E-state index contributed by atoms with van der Waals surface area (Å²) >= 11 is 0. The van der Waals surface area contributed by atoms with Crippen LogP contribution in [0.5, 0.6) is 0 Å². The fraction of sp³-hybridized carbons (Fsp3) is 1.00. The molecule has 2 nitrogen and oxygen atoms in total. The van der Waals surface area contributed by atoms with E-state index in [4.69, 9.17) is 4.74 Å². The Morgan fingerprint density at radius 1 is 1.14 bits per heavy atom. The van der Waals surface area contributed by atoms with Crippen LogP contribution in [-0.4, -0.2) is 18.9 Å². The molecule has 2 atom stereocenters. The van der Waals surface area contributed by atoms with Crippen LogP contribution in [0.2, 0.25) is 0 Å². The predicted octanol–water partition coefficient (Wildman–Crippen LogP) is 2.78. The number of hydrogen-bond acceptors (Lipinski definition) is 2. The first kappa shape index (κ1) is 12.0. The van der Waals surface area contributed by atoms with Crippen LogP contribution in [0.1, 0.15) is 48.0 Å². The van der Waals surface area contributed by atoms with E-state index in [1.807, 2.05) is 0 Å². The Morgan fingerprint density at radius 3 is 2.07 bits per heavy atom. The van der Waals surface area contributed by atoms with E-state index < -0.39 is 0 Å². The molecule has 0 aliphatic carbocycles. The highest BCUT2D eigenvalue weighted by molar-refractivity contribution is 4.85. The van der Waals surface area contributed by atoms with Crippen molar-refractivity contribution in [1.82, 2.24) is 5.32 Å². The molecule has 1 saturated heterocycles. The van der Waals surface area contributed by atoms with Gasteiger partial charge in [-0.3, -0.25) is 5.32 Å². The molecular formula is C12H25NO. The molecular weight excluding hydrogens is 174 g/mol. The third-order valence-corrected chi connectivity index (χ3v) is 2.50. The van der Waals surface area contributed by atoms with E-state index in [0.717, 1.165) is 6.61 Å². The van der Waals surface area contributed by atoms with Crippen molar-refractivity contribution < 1.29 is 4.74 Å². The molecule has 0 aromatic heterocycles. The molecule has 1 fully saturated rings. The van der Waals surface area contributed by atoms with Gasteiger partial charge in [-0.05, 0) is 11.8 Å². The third-order valence-electron chi connectivity index (χ3n) is 2.50. The lowest BCUT2D eigenvalue weighted by Gasteiger charge is -2.27. The Morgan fingerprint density at radius 2 is 1.71 bits per heavy atom. The van der Waals surface area contributed by atoms with E-state index >= 15 is 0 Å². The van der Waals surface area contributed by atoms with Gasteiger partial charge in [0.1, 0.15) is 6.23 Å². The van der Waals surface area contributed by atoms with E-state index in [1.54, 1.807) is 0 Å². The molecule has 0 bridgehead atoms. The first-order valence-corrected chi connectivity index (χ1v) is 5.56. The number of rotatable bonds is 1. The van der Waals surface area contributed by atoms with Crippen molar-refractivity contribution in [1.29, 1.82) is 0 Å². The summed E-state index contributed by atoms with van der Waals surface area (Å²) in [5, 5.41) is 3.57. The van der Waals surface area contributed by atoms with Gasteiger partial charge in [-0.2, -0.15) is 0 Å². The smallest absolute Gasteiger partial charge is 0.113 e. The second kappa shape index (κ2) is 3.82. The zero-order chi connectivity index (χ0) is 11.0. The van der Waals surface area contributed by atoms with Gasteiger partial charge < -0.3 is 4.74 Å². The Hall–Kier alpha value is -0.0800. The van der Waals surface area contributed by atoms with Crippen molar-refractivity contribution in [3.05, 3.63) is 0 Å². The van der Waals surface area contributed by atoms with Crippen molar-refractivity contribution >= 4 is 0 Å². The van der Waals surface area contributed by atoms with Crippen LogP contribution in [0.15, 0.2) is 0 Å². The average molecular weight is 199 g/mol. The lowest BCUT2D eigenvalue weighted by atomic mass is 9.88. The van der Waals surface area contributed by atoms with E-state index in [9.17, 15) is 0 Å². The SMILES string of the molecule is CC(C)(C)CC1COC(C(C)(C)C)N1. The maximum Gasteiger partial charge on any atom is 0.113 e. The van der Waals surface area contributed by atoms with Crippen LogP contribution in [0, 0.1) is 10.8 Å². The number of hydrogen-bond donors (Lipinski definition) is 1. The lowest BCUT2D eigenvalue weighted by Crippen LogP contribution is -2.40. The average Bonchev–Trinajstić information content (AvgIpc) is 2.29. The van der Waals surface area contributed by atoms with E-state index in [1.165, 1.54) is 6.42 Å². The topological polar surface area (TPSA) is 21.3 Å². The molecule has 1 aliphatic heterocycles. The summed E-state index contributed by atoms with van der Waals surface area (Å²) < 4.78 is 5.76. The molecule has 84 valence electrons. The van der Waals surface area contributed by atoms with Crippen molar-refractivity contribution in [2.45, 2.75) is 60.2 Å². The fourth-order valence-corrected chi connectivity index (χ4v) is 1.88. The minimum absolute atomic E-state index is 0.201. The highest BCUT2D eigenvalue weighted by Crippen LogP contribution is 2.28. The highest BCUT2D eigenvalue weighted by Gasteiger charge is 2.34. The molecule has 2 unspecified atom stereocenters. The molecule has 0 amide bonds. The first-order chi connectivity index (χ1) is 6.18. The first-order valence-electron chi connectivity index (χ1n) is 5.56. The van der Waals surface area contributed by atoms with Gasteiger partial charge in [0.15, 0.2) is 0 Å². The van der Waals surface area contributed by atoms with E-state index in [2.05, 4.69) is 46.9 Å². The summed E-state index contributed by atoms with van der Waals surface area (Å²) in [6.07, 6.45) is 1.40. The quantitative estimate of drug-likeness (QED) is 0.701. The summed E-state index contributed by atoms with van der Waals surface area (Å²) in [4.78, 5) is 0. The largest absolute Gasteiger partial charge is 0.361 e. The maximum absolute atomic E-state index is 5.76. The summed E-state index contributed by atoms with van der Waals surface area (Å²) in [6.45, 7) is 14.3. The van der Waals surface area contributed by atoms with Gasteiger partial charge in [0.05, 0.1) is 6.61 Å². The lowest BCUT2D eigenvalue weighted by molar-refractivity contribution is 0.0172. The minimum Gasteiger partial charge on any atom is -0.361 e. The Kier molecular flexibility index (Phi) is 3.27. The van der Waals surface area contributed by atoms with Gasteiger partial charge >= 0.3 is 0 Å². The van der Waals surface area contributed by atoms with Crippen molar-refractivity contribution in [2.24, 2.45) is 10.8 Å². The van der Waals surface area contributed by atoms with Gasteiger partial charge in [-0.1, -0.05) is 41.5 Å². The van der Waals surface area contributed by atoms with Crippen molar-refractivity contribution in [3.8, 4) is 0 Å². The van der Waals surface area contributed by atoms with Gasteiger partial charge in [0.2, 0.25) is 0 Å². The summed E-state index contributed by atoms with van der Waals surface area (Å²) in [6, 6.07) is 0.527. The molecule has 2 heteroatoms. The van der Waals surface area contributed by atoms with Crippen molar-refractivity contribution in [3.63, 3.8) is 0 Å². The zero-order valence-corrected chi connectivity index (χ0v) is 10.5. The number of ether oxygens (including phenoxy) is 1. The van der Waals surface area contributed by atoms with Crippen LogP contribution < -0.4 is 5.32 Å². The Balaban J connectivity index is 2.42. The highest BCUT2D eigenvalue weighted by atomic mass is 16.5. The predicted molar refractivity (Wildman–Crippen MR) is 60.2 cm³/mol. The van der Waals surface area contributed by atoms with E-state index in [0.29, 0.717) is 11.5 Å². The third kappa shape index (κ3) is 3.58. The Bertz CT molecular complexity index is 187. The monoisotopic (exact) mass is 199 g/mol. The van der Waals surface area contributed by atoms with Crippen LogP contribution >= 0.6 is 0 Å². The van der Waals surface area contributed by atoms with Crippen LogP contribution in [0.3, 0.4) is 0 Å². The molecule has 0 radical (unpaired) electrons. The van der Waals surface area contributed by atoms with Gasteiger partial charge in [-0.15, -0.1) is 0 Å². The molecule has 0 aromatic carbocycles. The molecule has 1 aliphatic rings. The molecule has 0 aromatic rings. The number of nitrogens with one attached hydrogen (secondary N) is 1. The normalized spacial score (nSPS) is 29.6. The zero-order valence-electron chi connectivity index (χ0n) is 10.5. The minimum atomic E-state index is 0.201. The summed E-state index contributed by atoms with van der Waals surface area (Å²) in [5.74, 6) is 0. The van der Waals surface area contributed by atoms with Gasteiger partial charge in [0.25, 0.3) is 0 Å². The second-order valence-electron chi connectivity index (χ2n) is 6.71. The maximum atomic E-state index is 5.76. The second-order valence-corrected chi connectivity index (χ2v) is 6.71. The summed E-state index contributed by atoms with van der Waals surface area (Å²) in [5.41, 5.74) is 0.584. The van der Waals surface area contributed by atoms with Crippen molar-refractivity contribution in [2.75, 3.05) is 6.61 Å².